The number of hydrogen-bond donors (Lipinski definition) is 1. The predicted octanol–water partition coefficient (Wildman–Crippen LogP) is 4.47. The third-order valence-electron chi connectivity index (χ3n) is 5.42. The highest BCUT2D eigenvalue weighted by Gasteiger charge is 2.23. The van der Waals surface area contributed by atoms with Crippen molar-refractivity contribution in [3.05, 3.63) is 76.1 Å². The molecule has 6 rings (SSSR count). The van der Waals surface area contributed by atoms with Gasteiger partial charge in [0.15, 0.2) is 11.2 Å². The smallest absolute Gasteiger partial charge is 0.406 e. The maximum Gasteiger partial charge on any atom is 0.418 e. The Morgan fingerprint density at radius 1 is 1.03 bits per heavy atom. The van der Waals surface area contributed by atoms with Gasteiger partial charge in [-0.2, -0.15) is 0 Å². The molecule has 0 amide bonds. The van der Waals surface area contributed by atoms with Crippen LogP contribution in [0, 0.1) is 0 Å². The number of pyridine rings is 1. The van der Waals surface area contributed by atoms with Gasteiger partial charge in [-0.3, -0.25) is 4.98 Å². The number of anilines is 2. The molecule has 0 bridgehead atoms. The van der Waals surface area contributed by atoms with Gasteiger partial charge in [0.05, 0.1) is 5.52 Å². The topological polar surface area (TPSA) is 87.9 Å². The first-order valence-electron chi connectivity index (χ1n) is 9.46. The maximum absolute atomic E-state index is 11.4. The van der Waals surface area contributed by atoms with Crippen molar-refractivity contribution in [3.8, 4) is 11.1 Å². The van der Waals surface area contributed by atoms with Gasteiger partial charge in [0.25, 0.3) is 0 Å². The van der Waals surface area contributed by atoms with Gasteiger partial charge in [-0.15, -0.1) is 0 Å². The molecule has 3 aromatic heterocycles. The predicted molar refractivity (Wildman–Crippen MR) is 115 cm³/mol. The molecule has 1 N–H and O–H groups in total. The summed E-state index contributed by atoms with van der Waals surface area (Å²) in [6, 6.07) is 13.7. The average molecular weight is 416 g/mol. The van der Waals surface area contributed by atoms with Crippen molar-refractivity contribution >= 4 is 45.2 Å². The van der Waals surface area contributed by atoms with E-state index in [1.54, 1.807) is 18.6 Å². The summed E-state index contributed by atoms with van der Waals surface area (Å²) in [5, 5.41) is 1.63. The number of nitrogens with one attached hydrogen (secondary N) is 1. The van der Waals surface area contributed by atoms with E-state index in [4.69, 9.17) is 16.0 Å². The molecule has 0 unspecified atom stereocenters. The number of aromatic amines is 1. The van der Waals surface area contributed by atoms with Gasteiger partial charge in [-0.1, -0.05) is 23.7 Å². The summed E-state index contributed by atoms with van der Waals surface area (Å²) in [4.78, 5) is 29.5. The van der Waals surface area contributed by atoms with Crippen LogP contribution in [-0.2, 0) is 6.42 Å². The van der Waals surface area contributed by atoms with Crippen LogP contribution in [0.15, 0.2) is 64.2 Å². The van der Waals surface area contributed by atoms with Gasteiger partial charge in [0.1, 0.15) is 12.1 Å². The van der Waals surface area contributed by atoms with Crippen molar-refractivity contribution in [2.24, 2.45) is 0 Å². The van der Waals surface area contributed by atoms with Gasteiger partial charge >= 0.3 is 5.76 Å². The van der Waals surface area contributed by atoms with E-state index in [-0.39, 0.29) is 0 Å². The average Bonchev–Trinajstić information content (AvgIpc) is 3.34. The molecule has 5 aromatic rings. The van der Waals surface area contributed by atoms with Crippen LogP contribution in [-0.4, -0.2) is 26.5 Å². The Kier molecular flexibility index (Phi) is 3.66. The number of fused-ring (bicyclic) bond motifs is 3. The first kappa shape index (κ1) is 17.2. The van der Waals surface area contributed by atoms with Gasteiger partial charge < -0.3 is 9.32 Å². The number of benzene rings is 2. The lowest BCUT2D eigenvalue weighted by molar-refractivity contribution is 0.555. The van der Waals surface area contributed by atoms with Gasteiger partial charge in [0.2, 0.25) is 0 Å². The Morgan fingerprint density at radius 2 is 1.97 bits per heavy atom. The van der Waals surface area contributed by atoms with Crippen LogP contribution in [0.3, 0.4) is 0 Å². The third-order valence-corrected chi connectivity index (χ3v) is 5.66. The zero-order valence-electron chi connectivity index (χ0n) is 15.6. The Hall–Kier alpha value is -3.71. The monoisotopic (exact) mass is 415 g/mol. The largest absolute Gasteiger partial charge is 0.418 e. The minimum atomic E-state index is -0.518. The molecule has 8 heteroatoms. The molecule has 30 heavy (non-hydrogen) atoms. The molecule has 0 atom stereocenters. The first-order chi connectivity index (χ1) is 14.7. The van der Waals surface area contributed by atoms with Crippen LogP contribution in [0.2, 0.25) is 5.02 Å². The lowest BCUT2D eigenvalue weighted by Crippen LogP contribution is -2.15. The zero-order valence-corrected chi connectivity index (χ0v) is 16.3. The number of rotatable bonds is 2. The van der Waals surface area contributed by atoms with E-state index in [1.165, 1.54) is 5.56 Å². The minimum absolute atomic E-state index is 0.422. The fourth-order valence-corrected chi connectivity index (χ4v) is 4.17. The van der Waals surface area contributed by atoms with Crippen LogP contribution >= 0.6 is 11.6 Å². The van der Waals surface area contributed by atoms with E-state index < -0.39 is 5.76 Å². The number of nitrogens with zero attached hydrogens (tertiary/aromatic N) is 4. The molecule has 0 saturated heterocycles. The minimum Gasteiger partial charge on any atom is -0.406 e. The molecule has 0 spiro atoms. The molecule has 1 aliphatic rings. The van der Waals surface area contributed by atoms with Crippen molar-refractivity contribution < 1.29 is 4.42 Å². The molecule has 4 heterocycles. The number of aromatic nitrogens is 4. The fraction of sp³-hybridized carbons (Fsp3) is 0.0909. The van der Waals surface area contributed by atoms with E-state index in [2.05, 4.69) is 30.9 Å². The Balaban J connectivity index is 1.51. The molecule has 0 radical (unpaired) electrons. The van der Waals surface area contributed by atoms with E-state index in [0.717, 1.165) is 46.5 Å². The summed E-state index contributed by atoms with van der Waals surface area (Å²) >= 11 is 6.25. The quantitative estimate of drug-likeness (QED) is 0.457. The molecular weight excluding hydrogens is 402 g/mol. The lowest BCUT2D eigenvalue weighted by atomic mass is 10.0. The number of H-pyrrole nitrogens is 1. The highest BCUT2D eigenvalue weighted by Crippen LogP contribution is 2.38. The Morgan fingerprint density at radius 3 is 2.90 bits per heavy atom. The van der Waals surface area contributed by atoms with Crippen LogP contribution in [0.5, 0.6) is 0 Å². The maximum atomic E-state index is 11.4. The fourth-order valence-electron chi connectivity index (χ4n) is 4.01. The number of oxazole rings is 1. The van der Waals surface area contributed by atoms with Crippen LogP contribution in [0.25, 0.3) is 33.3 Å². The van der Waals surface area contributed by atoms with Crippen molar-refractivity contribution in [2.75, 3.05) is 11.4 Å². The summed E-state index contributed by atoms with van der Waals surface area (Å²) in [5.41, 5.74) is 5.80. The number of halogens is 1. The second kappa shape index (κ2) is 6.40. The van der Waals surface area contributed by atoms with Crippen LogP contribution in [0.4, 0.5) is 11.5 Å². The second-order valence-corrected chi connectivity index (χ2v) is 7.63. The highest BCUT2D eigenvalue weighted by molar-refractivity contribution is 6.31. The summed E-state index contributed by atoms with van der Waals surface area (Å²) in [6.45, 7) is 0.827. The summed E-state index contributed by atoms with van der Waals surface area (Å²) in [7, 11) is 0. The molecule has 0 aliphatic carbocycles. The van der Waals surface area contributed by atoms with Gasteiger partial charge in [-0.25, -0.2) is 19.7 Å². The van der Waals surface area contributed by atoms with Gasteiger partial charge in [-0.05, 0) is 47.9 Å². The molecule has 146 valence electrons. The second-order valence-electron chi connectivity index (χ2n) is 7.19. The molecular formula is C22H14ClN5O2. The van der Waals surface area contributed by atoms with Crippen molar-refractivity contribution in [3.63, 3.8) is 0 Å². The first-order valence-corrected chi connectivity index (χ1v) is 9.83. The summed E-state index contributed by atoms with van der Waals surface area (Å²) in [5.74, 6) is 0.320. The van der Waals surface area contributed by atoms with Crippen molar-refractivity contribution in [2.45, 2.75) is 6.42 Å². The third kappa shape index (κ3) is 2.67. The van der Waals surface area contributed by atoms with Gasteiger partial charge in [0, 0.05) is 34.4 Å². The molecule has 1 aliphatic heterocycles. The molecule has 0 saturated carbocycles. The summed E-state index contributed by atoms with van der Waals surface area (Å²) < 4.78 is 5.15. The molecule has 0 fully saturated rings. The van der Waals surface area contributed by atoms with Crippen molar-refractivity contribution in [1.29, 1.82) is 0 Å². The molecule has 2 aromatic carbocycles. The van der Waals surface area contributed by atoms with E-state index in [9.17, 15) is 4.79 Å². The standard InChI is InChI=1S/C22H14ClN5O2/c23-15-3-1-12-5-6-28(18(12)9-15)21-16-7-13(2-4-17(16)25-11-26-21)14-8-19-20(24-10-14)27-22(29)30-19/h1-4,7-11H,5-6H2,(H,24,27,29). The van der Waals surface area contributed by atoms with E-state index in [0.29, 0.717) is 16.3 Å². The number of hydrogen-bond acceptors (Lipinski definition) is 6. The van der Waals surface area contributed by atoms with E-state index >= 15 is 0 Å². The molecule has 7 nitrogen and oxygen atoms in total. The lowest BCUT2D eigenvalue weighted by Gasteiger charge is -2.20. The SMILES string of the molecule is O=c1[nH]c2ncc(-c3ccc4ncnc(N5CCc6ccc(Cl)cc65)c4c3)cc2o1. The summed E-state index contributed by atoms with van der Waals surface area (Å²) in [6.07, 6.45) is 4.23. The van der Waals surface area contributed by atoms with Crippen LogP contribution < -0.4 is 10.7 Å². The highest BCUT2D eigenvalue weighted by atomic mass is 35.5. The Labute approximate surface area is 175 Å². The Bertz CT molecular complexity index is 1510. The van der Waals surface area contributed by atoms with E-state index in [1.807, 2.05) is 30.3 Å². The zero-order chi connectivity index (χ0) is 20.2. The van der Waals surface area contributed by atoms with Crippen LogP contribution in [0.1, 0.15) is 5.56 Å². The normalized spacial score (nSPS) is 13.3. The van der Waals surface area contributed by atoms with Crippen molar-refractivity contribution in [1.82, 2.24) is 19.9 Å².